The van der Waals surface area contributed by atoms with Crippen LogP contribution in [0.1, 0.15) is 16.9 Å². The Morgan fingerprint density at radius 2 is 2.39 bits per heavy atom. The fraction of sp³-hybridized carbons (Fsp3) is 0.500. The van der Waals surface area contributed by atoms with Gasteiger partial charge >= 0.3 is 5.97 Å². The van der Waals surface area contributed by atoms with Crippen LogP contribution >= 0.6 is 11.8 Å². The molecule has 1 saturated heterocycles. The summed E-state index contributed by atoms with van der Waals surface area (Å²) >= 11 is 1.91. The van der Waals surface area contributed by atoms with Gasteiger partial charge in [-0.25, -0.2) is 0 Å². The van der Waals surface area contributed by atoms with Gasteiger partial charge in [0.15, 0.2) is 0 Å². The average Bonchev–Trinajstić information content (AvgIpc) is 2.95. The molecule has 1 atom stereocenters. The normalized spacial score (nSPS) is 18.8. The van der Waals surface area contributed by atoms with E-state index in [1.165, 1.54) is 4.57 Å². The Bertz CT molecular complexity index is 438. The number of amides is 1. The third-order valence-electron chi connectivity index (χ3n) is 2.94. The van der Waals surface area contributed by atoms with Gasteiger partial charge in [0, 0.05) is 12.7 Å². The van der Waals surface area contributed by atoms with Gasteiger partial charge in [-0.2, -0.15) is 11.8 Å². The number of nitrogens with zero attached hydrogens (tertiary/aromatic N) is 1. The lowest BCUT2D eigenvalue weighted by atomic mass is 10.1. The molecule has 2 N–H and O–H groups in total. The molecule has 0 bridgehead atoms. The lowest BCUT2D eigenvalue weighted by Gasteiger charge is -2.11. The van der Waals surface area contributed by atoms with Gasteiger partial charge in [0.05, 0.1) is 0 Å². The predicted molar refractivity (Wildman–Crippen MR) is 69.8 cm³/mol. The van der Waals surface area contributed by atoms with Crippen molar-refractivity contribution < 1.29 is 14.7 Å². The minimum absolute atomic E-state index is 0.185. The molecule has 18 heavy (non-hydrogen) atoms. The molecule has 2 heterocycles. The number of carboxylic acid groups (broad SMARTS) is 1. The van der Waals surface area contributed by atoms with Crippen LogP contribution in [0.5, 0.6) is 0 Å². The quantitative estimate of drug-likeness (QED) is 0.837. The Labute approximate surface area is 110 Å². The molecule has 1 fully saturated rings. The number of hydrogen-bond donors (Lipinski definition) is 2. The van der Waals surface area contributed by atoms with E-state index in [0.717, 1.165) is 17.9 Å². The second-order valence-corrected chi connectivity index (χ2v) is 5.50. The van der Waals surface area contributed by atoms with Gasteiger partial charge in [-0.15, -0.1) is 0 Å². The van der Waals surface area contributed by atoms with Crippen molar-refractivity contribution in [3.63, 3.8) is 0 Å². The van der Waals surface area contributed by atoms with E-state index in [1.807, 2.05) is 11.8 Å². The van der Waals surface area contributed by atoms with Crippen LogP contribution in [0.4, 0.5) is 0 Å². The van der Waals surface area contributed by atoms with Gasteiger partial charge < -0.3 is 15.0 Å². The van der Waals surface area contributed by atoms with Gasteiger partial charge in [-0.3, -0.25) is 9.59 Å². The number of aliphatic carboxylic acids is 1. The Hall–Kier alpha value is -1.43. The monoisotopic (exact) mass is 268 g/mol. The summed E-state index contributed by atoms with van der Waals surface area (Å²) in [5, 5.41) is 11.6. The minimum atomic E-state index is -0.951. The zero-order valence-corrected chi connectivity index (χ0v) is 10.8. The SMILES string of the molecule is O=C(O)Cn1cccc1C(=O)NCC1CCSC1. The van der Waals surface area contributed by atoms with E-state index in [0.29, 0.717) is 18.2 Å². The first kappa shape index (κ1) is 13.0. The van der Waals surface area contributed by atoms with Crippen molar-refractivity contribution in [1.82, 2.24) is 9.88 Å². The van der Waals surface area contributed by atoms with Crippen molar-refractivity contribution in [2.45, 2.75) is 13.0 Å². The standard InChI is InChI=1S/C12H16N2O3S/c15-11(16)7-14-4-1-2-10(14)12(17)13-6-9-3-5-18-8-9/h1-2,4,9H,3,5-8H2,(H,13,17)(H,15,16). The molecule has 0 saturated carbocycles. The highest BCUT2D eigenvalue weighted by Crippen LogP contribution is 2.22. The summed E-state index contributed by atoms with van der Waals surface area (Å²) in [6, 6.07) is 3.32. The van der Waals surface area contributed by atoms with Gasteiger partial charge in [0.1, 0.15) is 12.2 Å². The summed E-state index contributed by atoms with van der Waals surface area (Å²) in [4.78, 5) is 22.6. The summed E-state index contributed by atoms with van der Waals surface area (Å²) in [5.74, 6) is 1.65. The van der Waals surface area contributed by atoms with Gasteiger partial charge in [0.25, 0.3) is 5.91 Å². The second-order valence-electron chi connectivity index (χ2n) is 4.35. The smallest absolute Gasteiger partial charge is 0.323 e. The van der Waals surface area contributed by atoms with Crippen LogP contribution in [0.2, 0.25) is 0 Å². The molecule has 1 aromatic heterocycles. The fourth-order valence-corrected chi connectivity index (χ4v) is 3.26. The molecule has 1 aromatic rings. The van der Waals surface area contributed by atoms with Crippen molar-refractivity contribution in [2.75, 3.05) is 18.1 Å². The summed E-state index contributed by atoms with van der Waals surface area (Å²) in [7, 11) is 0. The van der Waals surface area contributed by atoms with E-state index in [-0.39, 0.29) is 12.5 Å². The maximum absolute atomic E-state index is 11.9. The van der Waals surface area contributed by atoms with Crippen LogP contribution in [0.3, 0.4) is 0 Å². The maximum atomic E-state index is 11.9. The molecule has 5 nitrogen and oxygen atoms in total. The van der Waals surface area contributed by atoms with Gasteiger partial charge in [-0.1, -0.05) is 0 Å². The number of carboxylic acids is 1. The molecule has 0 radical (unpaired) electrons. The topological polar surface area (TPSA) is 71.3 Å². The Kier molecular flexibility index (Phi) is 4.30. The van der Waals surface area contributed by atoms with Crippen molar-refractivity contribution in [3.8, 4) is 0 Å². The van der Waals surface area contributed by atoms with E-state index in [2.05, 4.69) is 5.32 Å². The summed E-state index contributed by atoms with van der Waals surface area (Å²) in [5.41, 5.74) is 0.406. The van der Waals surface area contributed by atoms with Crippen molar-refractivity contribution in [1.29, 1.82) is 0 Å². The van der Waals surface area contributed by atoms with E-state index in [9.17, 15) is 9.59 Å². The molecule has 0 aliphatic carbocycles. The Morgan fingerprint density at radius 3 is 3.06 bits per heavy atom. The zero-order chi connectivity index (χ0) is 13.0. The van der Waals surface area contributed by atoms with E-state index in [4.69, 9.17) is 5.11 Å². The molecule has 1 aliphatic heterocycles. The number of rotatable bonds is 5. The minimum Gasteiger partial charge on any atom is -0.480 e. The van der Waals surface area contributed by atoms with Crippen LogP contribution in [0.15, 0.2) is 18.3 Å². The first-order chi connectivity index (χ1) is 8.66. The molecule has 0 spiro atoms. The number of nitrogens with one attached hydrogen (secondary N) is 1. The molecule has 1 amide bonds. The van der Waals surface area contributed by atoms with Crippen LogP contribution < -0.4 is 5.32 Å². The Balaban J connectivity index is 1.91. The highest BCUT2D eigenvalue weighted by atomic mass is 32.2. The lowest BCUT2D eigenvalue weighted by molar-refractivity contribution is -0.137. The molecule has 0 aromatic carbocycles. The van der Waals surface area contributed by atoms with E-state index < -0.39 is 5.97 Å². The van der Waals surface area contributed by atoms with E-state index in [1.54, 1.807) is 18.3 Å². The predicted octanol–water partition coefficient (Wildman–Crippen LogP) is 1.06. The molecular weight excluding hydrogens is 252 g/mol. The number of hydrogen-bond acceptors (Lipinski definition) is 3. The molecular formula is C12H16N2O3S. The van der Waals surface area contributed by atoms with Crippen molar-refractivity contribution in [3.05, 3.63) is 24.0 Å². The maximum Gasteiger partial charge on any atom is 0.323 e. The van der Waals surface area contributed by atoms with Crippen LogP contribution in [0.25, 0.3) is 0 Å². The molecule has 2 rings (SSSR count). The number of carbonyl (C=O) groups excluding carboxylic acids is 1. The summed E-state index contributed by atoms with van der Waals surface area (Å²) in [6.07, 6.45) is 2.75. The number of thioether (sulfide) groups is 1. The number of aromatic nitrogens is 1. The summed E-state index contributed by atoms with van der Waals surface area (Å²) < 4.78 is 1.45. The highest BCUT2D eigenvalue weighted by molar-refractivity contribution is 7.99. The third kappa shape index (κ3) is 3.29. The second kappa shape index (κ2) is 5.95. The molecule has 6 heteroatoms. The molecule has 1 unspecified atom stereocenters. The van der Waals surface area contributed by atoms with Crippen LogP contribution in [-0.2, 0) is 11.3 Å². The lowest BCUT2D eigenvalue weighted by Crippen LogP contribution is -2.31. The average molecular weight is 268 g/mol. The molecule has 1 aliphatic rings. The Morgan fingerprint density at radius 1 is 1.56 bits per heavy atom. The largest absolute Gasteiger partial charge is 0.480 e. The zero-order valence-electron chi connectivity index (χ0n) is 9.96. The summed E-state index contributed by atoms with van der Waals surface area (Å²) in [6.45, 7) is 0.485. The van der Waals surface area contributed by atoms with Crippen molar-refractivity contribution in [2.24, 2.45) is 5.92 Å². The number of carbonyl (C=O) groups is 2. The first-order valence-corrected chi connectivity index (χ1v) is 7.05. The molecule has 98 valence electrons. The first-order valence-electron chi connectivity index (χ1n) is 5.89. The third-order valence-corrected chi connectivity index (χ3v) is 4.17. The van der Waals surface area contributed by atoms with E-state index >= 15 is 0 Å². The van der Waals surface area contributed by atoms with Gasteiger partial charge in [0.2, 0.25) is 0 Å². The fourth-order valence-electron chi connectivity index (χ4n) is 1.98. The van der Waals surface area contributed by atoms with Crippen molar-refractivity contribution >= 4 is 23.6 Å². The van der Waals surface area contributed by atoms with Gasteiger partial charge in [-0.05, 0) is 36.0 Å². The van der Waals surface area contributed by atoms with Crippen LogP contribution in [-0.4, -0.2) is 39.6 Å². The van der Waals surface area contributed by atoms with Crippen LogP contribution in [0, 0.1) is 5.92 Å². The highest BCUT2D eigenvalue weighted by Gasteiger charge is 2.18.